The van der Waals surface area contributed by atoms with Crippen LogP contribution in [0.5, 0.6) is 0 Å². The van der Waals surface area contributed by atoms with Crippen LogP contribution in [0.25, 0.3) is 5.65 Å². The molecule has 0 bridgehead atoms. The van der Waals surface area contributed by atoms with Crippen LogP contribution in [-0.2, 0) is 9.53 Å². The van der Waals surface area contributed by atoms with Crippen LogP contribution in [0.1, 0.15) is 51.4 Å². The second-order valence-corrected chi connectivity index (χ2v) is 6.95. The van der Waals surface area contributed by atoms with E-state index in [9.17, 15) is 4.79 Å². The van der Waals surface area contributed by atoms with Gasteiger partial charge in [-0.3, -0.25) is 9.20 Å². The lowest BCUT2D eigenvalue weighted by molar-refractivity contribution is -0.146. The standard InChI is InChI=1S/C18H26N4O2/c1-12(2)16(17-21-20-15-6-4-5-11-22(15)17)19-14-9-7-13(8-10-14)18(23)24-3/h4-6,11-14,16,19H,7-10H2,1-3H3/t13?,14?,16-/m1/s1. The molecule has 0 saturated heterocycles. The second-order valence-electron chi connectivity index (χ2n) is 6.95. The van der Waals surface area contributed by atoms with Crippen LogP contribution < -0.4 is 5.32 Å². The van der Waals surface area contributed by atoms with E-state index in [1.54, 1.807) is 0 Å². The van der Waals surface area contributed by atoms with Gasteiger partial charge in [-0.1, -0.05) is 19.9 Å². The predicted molar refractivity (Wildman–Crippen MR) is 91.5 cm³/mol. The van der Waals surface area contributed by atoms with Crippen molar-refractivity contribution in [3.05, 3.63) is 30.2 Å². The molecule has 6 nitrogen and oxygen atoms in total. The number of nitrogens with one attached hydrogen (secondary N) is 1. The molecular weight excluding hydrogens is 304 g/mol. The maximum absolute atomic E-state index is 11.7. The smallest absolute Gasteiger partial charge is 0.308 e. The highest BCUT2D eigenvalue weighted by Crippen LogP contribution is 2.29. The zero-order chi connectivity index (χ0) is 17.1. The van der Waals surface area contributed by atoms with Crippen molar-refractivity contribution in [1.29, 1.82) is 0 Å². The molecule has 3 rings (SSSR count). The van der Waals surface area contributed by atoms with Gasteiger partial charge < -0.3 is 10.1 Å². The van der Waals surface area contributed by atoms with Crippen molar-refractivity contribution in [2.75, 3.05) is 7.11 Å². The Bertz CT molecular complexity index is 689. The Balaban J connectivity index is 1.71. The van der Waals surface area contributed by atoms with Gasteiger partial charge >= 0.3 is 5.97 Å². The molecular formula is C18H26N4O2. The van der Waals surface area contributed by atoms with Gasteiger partial charge in [0.05, 0.1) is 19.1 Å². The number of hydrogen-bond acceptors (Lipinski definition) is 5. The first-order valence-electron chi connectivity index (χ1n) is 8.73. The molecule has 0 spiro atoms. The zero-order valence-electron chi connectivity index (χ0n) is 14.6. The summed E-state index contributed by atoms with van der Waals surface area (Å²) in [6.07, 6.45) is 5.75. The lowest BCUT2D eigenvalue weighted by Crippen LogP contribution is -2.40. The molecule has 2 aromatic heterocycles. The van der Waals surface area contributed by atoms with Crippen LogP contribution in [0.4, 0.5) is 0 Å². The molecule has 0 radical (unpaired) electrons. The fraction of sp³-hybridized carbons (Fsp3) is 0.611. The van der Waals surface area contributed by atoms with Crippen molar-refractivity contribution in [1.82, 2.24) is 19.9 Å². The van der Waals surface area contributed by atoms with Crippen molar-refractivity contribution >= 4 is 11.6 Å². The van der Waals surface area contributed by atoms with Crippen molar-refractivity contribution < 1.29 is 9.53 Å². The van der Waals surface area contributed by atoms with Crippen molar-refractivity contribution in [2.45, 2.75) is 51.6 Å². The summed E-state index contributed by atoms with van der Waals surface area (Å²) in [4.78, 5) is 11.7. The summed E-state index contributed by atoms with van der Waals surface area (Å²) >= 11 is 0. The molecule has 2 aromatic rings. The highest BCUT2D eigenvalue weighted by Gasteiger charge is 2.30. The molecule has 0 aromatic carbocycles. The lowest BCUT2D eigenvalue weighted by atomic mass is 9.85. The number of rotatable bonds is 5. The van der Waals surface area contributed by atoms with Crippen molar-refractivity contribution in [3.8, 4) is 0 Å². The molecule has 2 heterocycles. The Morgan fingerprint density at radius 3 is 2.67 bits per heavy atom. The number of esters is 1. The number of carbonyl (C=O) groups is 1. The predicted octanol–water partition coefficient (Wildman–Crippen LogP) is 2.75. The summed E-state index contributed by atoms with van der Waals surface area (Å²) in [5.74, 6) is 1.34. The van der Waals surface area contributed by atoms with Gasteiger partial charge in [-0.25, -0.2) is 0 Å². The lowest BCUT2D eigenvalue weighted by Gasteiger charge is -2.32. The fourth-order valence-corrected chi connectivity index (χ4v) is 3.55. The molecule has 1 aliphatic rings. The molecule has 0 aliphatic heterocycles. The Labute approximate surface area is 142 Å². The molecule has 130 valence electrons. The molecule has 0 amide bonds. The summed E-state index contributed by atoms with van der Waals surface area (Å²) in [6.45, 7) is 4.39. The van der Waals surface area contributed by atoms with Crippen LogP contribution in [-0.4, -0.2) is 33.7 Å². The minimum Gasteiger partial charge on any atom is -0.469 e. The van der Waals surface area contributed by atoms with E-state index in [4.69, 9.17) is 4.74 Å². The first-order chi connectivity index (χ1) is 11.6. The van der Waals surface area contributed by atoms with Gasteiger partial charge in [0.25, 0.3) is 0 Å². The number of carbonyl (C=O) groups excluding carboxylic acids is 1. The maximum Gasteiger partial charge on any atom is 0.308 e. The number of fused-ring (bicyclic) bond motifs is 1. The molecule has 1 atom stereocenters. The van der Waals surface area contributed by atoms with Crippen LogP contribution in [0.2, 0.25) is 0 Å². The van der Waals surface area contributed by atoms with Crippen molar-refractivity contribution in [2.24, 2.45) is 11.8 Å². The van der Waals surface area contributed by atoms with E-state index in [1.807, 2.05) is 24.4 Å². The van der Waals surface area contributed by atoms with E-state index in [2.05, 4.69) is 33.8 Å². The second kappa shape index (κ2) is 7.30. The molecule has 1 fully saturated rings. The normalized spacial score (nSPS) is 22.7. The van der Waals surface area contributed by atoms with Gasteiger partial charge in [-0.15, -0.1) is 10.2 Å². The van der Waals surface area contributed by atoms with E-state index >= 15 is 0 Å². The monoisotopic (exact) mass is 330 g/mol. The van der Waals surface area contributed by atoms with Gasteiger partial charge in [-0.2, -0.15) is 0 Å². The summed E-state index contributed by atoms with van der Waals surface area (Å²) in [5.41, 5.74) is 0.870. The van der Waals surface area contributed by atoms with Gasteiger partial charge in [0.2, 0.25) is 0 Å². The Morgan fingerprint density at radius 2 is 2.00 bits per heavy atom. The molecule has 6 heteroatoms. The highest BCUT2D eigenvalue weighted by molar-refractivity contribution is 5.72. The number of hydrogen-bond donors (Lipinski definition) is 1. The average molecular weight is 330 g/mol. The van der Waals surface area contributed by atoms with E-state index in [-0.39, 0.29) is 17.9 Å². The van der Waals surface area contributed by atoms with Gasteiger partial charge in [0.1, 0.15) is 0 Å². The Kier molecular flexibility index (Phi) is 5.14. The molecule has 1 saturated carbocycles. The third-order valence-corrected chi connectivity index (χ3v) is 4.96. The van der Waals surface area contributed by atoms with E-state index in [0.29, 0.717) is 12.0 Å². The first kappa shape index (κ1) is 16.9. The Hall–Kier alpha value is -1.95. The SMILES string of the molecule is COC(=O)C1CCC(N[C@@H](c2nnc3ccccn23)C(C)C)CC1. The topological polar surface area (TPSA) is 68.5 Å². The average Bonchev–Trinajstić information content (AvgIpc) is 3.03. The molecule has 1 aliphatic carbocycles. The maximum atomic E-state index is 11.7. The molecule has 1 N–H and O–H groups in total. The summed E-state index contributed by atoms with van der Waals surface area (Å²) < 4.78 is 6.92. The third-order valence-electron chi connectivity index (χ3n) is 4.96. The molecule has 0 unspecified atom stereocenters. The number of nitrogens with zero attached hydrogens (tertiary/aromatic N) is 3. The zero-order valence-corrected chi connectivity index (χ0v) is 14.6. The van der Waals surface area contributed by atoms with E-state index < -0.39 is 0 Å². The first-order valence-corrected chi connectivity index (χ1v) is 8.73. The number of methoxy groups -OCH3 is 1. The number of pyridine rings is 1. The minimum absolute atomic E-state index is 0.0551. The van der Waals surface area contributed by atoms with Crippen LogP contribution in [0.3, 0.4) is 0 Å². The number of ether oxygens (including phenoxy) is 1. The van der Waals surface area contributed by atoms with Gasteiger partial charge in [0.15, 0.2) is 11.5 Å². The fourth-order valence-electron chi connectivity index (χ4n) is 3.55. The van der Waals surface area contributed by atoms with Crippen LogP contribution in [0, 0.1) is 11.8 Å². The van der Waals surface area contributed by atoms with Gasteiger partial charge in [0, 0.05) is 12.2 Å². The largest absolute Gasteiger partial charge is 0.469 e. The van der Waals surface area contributed by atoms with E-state index in [0.717, 1.165) is 37.2 Å². The van der Waals surface area contributed by atoms with Crippen molar-refractivity contribution in [3.63, 3.8) is 0 Å². The Morgan fingerprint density at radius 1 is 1.25 bits per heavy atom. The van der Waals surface area contributed by atoms with Crippen LogP contribution in [0.15, 0.2) is 24.4 Å². The van der Waals surface area contributed by atoms with Gasteiger partial charge in [-0.05, 0) is 43.7 Å². The summed E-state index contributed by atoms with van der Waals surface area (Å²) in [6, 6.07) is 6.48. The quantitative estimate of drug-likeness (QED) is 0.854. The summed E-state index contributed by atoms with van der Waals surface area (Å²) in [5, 5.41) is 12.4. The molecule has 24 heavy (non-hydrogen) atoms. The highest BCUT2D eigenvalue weighted by atomic mass is 16.5. The third kappa shape index (κ3) is 3.43. The number of aromatic nitrogens is 3. The van der Waals surface area contributed by atoms with E-state index in [1.165, 1.54) is 7.11 Å². The van der Waals surface area contributed by atoms with Crippen LogP contribution >= 0.6 is 0 Å². The summed E-state index contributed by atoms with van der Waals surface area (Å²) in [7, 11) is 1.47. The minimum atomic E-state index is -0.0719.